The molecule has 0 radical (unpaired) electrons. The minimum absolute atomic E-state index is 0.693. The molecule has 0 unspecified atom stereocenters. The van der Waals surface area contributed by atoms with Gasteiger partial charge in [-0.25, -0.2) is 0 Å². The average molecular weight is 332 g/mol. The van der Waals surface area contributed by atoms with Crippen LogP contribution in [-0.4, -0.2) is 20.1 Å². The van der Waals surface area contributed by atoms with Crippen LogP contribution in [0.15, 0.2) is 47.5 Å². The number of benzene rings is 2. The van der Waals surface area contributed by atoms with Gasteiger partial charge in [0.2, 0.25) is 0 Å². The number of aryl methyl sites for hydroxylation is 1. The Morgan fingerprint density at radius 2 is 1.65 bits per heavy atom. The van der Waals surface area contributed by atoms with Gasteiger partial charge in [0.05, 0.1) is 7.11 Å². The number of hydrogen-bond acceptors (Lipinski definition) is 2. The molecule has 0 saturated carbocycles. The summed E-state index contributed by atoms with van der Waals surface area (Å²) >= 11 is 5.89. The lowest BCUT2D eigenvalue weighted by Gasteiger charge is -2.13. The quantitative estimate of drug-likeness (QED) is 0.651. The summed E-state index contributed by atoms with van der Waals surface area (Å²) in [6.45, 7) is 3.43. The van der Waals surface area contributed by atoms with E-state index in [4.69, 9.17) is 16.3 Å². The Balaban J connectivity index is 1.87. The molecule has 0 fully saturated rings. The third kappa shape index (κ3) is 5.18. The summed E-state index contributed by atoms with van der Waals surface area (Å²) in [5.41, 5.74) is 3.45. The number of nitrogens with zero attached hydrogens (tertiary/aromatic N) is 1. The Labute approximate surface area is 142 Å². The summed E-state index contributed by atoms with van der Waals surface area (Å²) < 4.78 is 5.28. The molecule has 0 saturated heterocycles. The number of rotatable bonds is 5. The lowest BCUT2D eigenvalue weighted by Crippen LogP contribution is -2.36. The van der Waals surface area contributed by atoms with E-state index in [1.165, 1.54) is 5.56 Å². The zero-order chi connectivity index (χ0) is 16.7. The van der Waals surface area contributed by atoms with Crippen LogP contribution in [0.4, 0.5) is 0 Å². The van der Waals surface area contributed by atoms with Gasteiger partial charge >= 0.3 is 0 Å². The molecule has 0 aromatic heterocycles. The fraction of sp³-hybridized carbons (Fsp3) is 0.278. The van der Waals surface area contributed by atoms with Gasteiger partial charge in [0.15, 0.2) is 5.96 Å². The van der Waals surface area contributed by atoms with Gasteiger partial charge in [-0.05, 0) is 41.8 Å². The number of ether oxygens (including phenoxy) is 1. The van der Waals surface area contributed by atoms with Gasteiger partial charge in [-0.15, -0.1) is 0 Å². The van der Waals surface area contributed by atoms with E-state index < -0.39 is 0 Å². The highest BCUT2D eigenvalue weighted by Crippen LogP contribution is 2.18. The highest BCUT2D eigenvalue weighted by atomic mass is 35.5. The Hall–Kier alpha value is -2.20. The van der Waals surface area contributed by atoms with Crippen molar-refractivity contribution in [2.45, 2.75) is 20.0 Å². The highest BCUT2D eigenvalue weighted by molar-refractivity contribution is 6.30. The van der Waals surface area contributed by atoms with Crippen LogP contribution in [0.25, 0.3) is 0 Å². The summed E-state index contributed by atoms with van der Waals surface area (Å²) in [5, 5.41) is 7.33. The second kappa shape index (κ2) is 8.44. The van der Waals surface area contributed by atoms with Gasteiger partial charge in [0, 0.05) is 25.2 Å². The van der Waals surface area contributed by atoms with Gasteiger partial charge in [0.25, 0.3) is 0 Å². The molecule has 4 nitrogen and oxygen atoms in total. The molecule has 122 valence electrons. The molecule has 0 amide bonds. The topological polar surface area (TPSA) is 45.7 Å². The first-order valence-corrected chi connectivity index (χ1v) is 7.82. The van der Waals surface area contributed by atoms with Gasteiger partial charge in [0.1, 0.15) is 5.75 Å². The minimum atomic E-state index is 0.693. The largest absolute Gasteiger partial charge is 0.496 e. The summed E-state index contributed by atoms with van der Waals surface area (Å²) in [6, 6.07) is 13.9. The standard InChI is InChI=1S/C18H22ClN3O/c1-13-10-15(6-9-17(13)23-3)12-22-18(20-2)21-11-14-4-7-16(19)8-5-14/h4-10H,11-12H2,1-3H3,(H2,20,21,22). The lowest BCUT2D eigenvalue weighted by atomic mass is 10.1. The van der Waals surface area contributed by atoms with Gasteiger partial charge < -0.3 is 15.4 Å². The van der Waals surface area contributed by atoms with Crippen molar-refractivity contribution < 1.29 is 4.74 Å². The molecule has 2 aromatic rings. The van der Waals surface area contributed by atoms with Crippen molar-refractivity contribution in [3.63, 3.8) is 0 Å². The van der Waals surface area contributed by atoms with Crippen molar-refractivity contribution in [3.05, 3.63) is 64.2 Å². The molecule has 23 heavy (non-hydrogen) atoms. The molecular weight excluding hydrogens is 310 g/mol. The van der Waals surface area contributed by atoms with Crippen LogP contribution >= 0.6 is 11.6 Å². The first-order valence-electron chi connectivity index (χ1n) is 7.45. The smallest absolute Gasteiger partial charge is 0.191 e. The second-order valence-corrected chi connectivity index (χ2v) is 5.65. The number of guanidine groups is 1. The predicted molar refractivity (Wildman–Crippen MR) is 96.2 cm³/mol. The van der Waals surface area contributed by atoms with E-state index in [9.17, 15) is 0 Å². The first kappa shape index (κ1) is 17.2. The molecule has 0 atom stereocenters. The maximum atomic E-state index is 5.89. The molecule has 0 aliphatic carbocycles. The Morgan fingerprint density at radius 3 is 2.22 bits per heavy atom. The number of hydrogen-bond donors (Lipinski definition) is 2. The van der Waals surface area contributed by atoms with Crippen LogP contribution in [0.5, 0.6) is 5.75 Å². The maximum absolute atomic E-state index is 5.89. The van der Waals surface area contributed by atoms with E-state index in [0.29, 0.717) is 13.1 Å². The Morgan fingerprint density at radius 1 is 1.04 bits per heavy atom. The van der Waals surface area contributed by atoms with Crippen molar-refractivity contribution in [2.75, 3.05) is 14.2 Å². The van der Waals surface area contributed by atoms with Crippen LogP contribution in [0, 0.1) is 6.92 Å². The number of methoxy groups -OCH3 is 1. The third-order valence-electron chi connectivity index (χ3n) is 3.52. The predicted octanol–water partition coefficient (Wildman–Crippen LogP) is 3.52. The molecule has 0 aliphatic rings. The highest BCUT2D eigenvalue weighted by Gasteiger charge is 2.02. The van der Waals surface area contributed by atoms with E-state index >= 15 is 0 Å². The minimum Gasteiger partial charge on any atom is -0.496 e. The molecule has 0 spiro atoms. The summed E-state index contributed by atoms with van der Waals surface area (Å²) in [6.07, 6.45) is 0. The van der Waals surface area contributed by atoms with Crippen molar-refractivity contribution in [1.29, 1.82) is 0 Å². The maximum Gasteiger partial charge on any atom is 0.191 e. The number of nitrogens with one attached hydrogen (secondary N) is 2. The van der Waals surface area contributed by atoms with Gasteiger partial charge in [-0.3, -0.25) is 4.99 Å². The van der Waals surface area contributed by atoms with Crippen LogP contribution in [0.3, 0.4) is 0 Å². The summed E-state index contributed by atoms with van der Waals surface area (Å²) in [4.78, 5) is 4.24. The van der Waals surface area contributed by atoms with Crippen molar-refractivity contribution in [3.8, 4) is 5.75 Å². The number of halogens is 1. The van der Waals surface area contributed by atoms with Crippen LogP contribution in [0.1, 0.15) is 16.7 Å². The number of aliphatic imine (C=N–C) groups is 1. The molecule has 0 bridgehead atoms. The van der Waals surface area contributed by atoms with Crippen molar-refractivity contribution >= 4 is 17.6 Å². The van der Waals surface area contributed by atoms with Crippen LogP contribution in [-0.2, 0) is 13.1 Å². The normalized spacial score (nSPS) is 11.2. The van der Waals surface area contributed by atoms with Crippen LogP contribution < -0.4 is 15.4 Å². The fourth-order valence-electron chi connectivity index (χ4n) is 2.24. The third-order valence-corrected chi connectivity index (χ3v) is 3.77. The fourth-order valence-corrected chi connectivity index (χ4v) is 2.37. The second-order valence-electron chi connectivity index (χ2n) is 5.21. The van der Waals surface area contributed by atoms with E-state index in [1.807, 2.05) is 43.3 Å². The molecule has 2 N–H and O–H groups in total. The van der Waals surface area contributed by atoms with Gasteiger partial charge in [-0.2, -0.15) is 0 Å². The van der Waals surface area contributed by atoms with E-state index in [0.717, 1.165) is 27.9 Å². The SMILES string of the molecule is CN=C(NCc1ccc(Cl)cc1)NCc1ccc(OC)c(C)c1. The lowest BCUT2D eigenvalue weighted by molar-refractivity contribution is 0.411. The molecule has 0 aliphatic heterocycles. The van der Waals surface area contributed by atoms with Crippen molar-refractivity contribution in [1.82, 2.24) is 10.6 Å². The van der Waals surface area contributed by atoms with Crippen molar-refractivity contribution in [2.24, 2.45) is 4.99 Å². The Bertz CT molecular complexity index is 668. The molecule has 2 aromatic carbocycles. The monoisotopic (exact) mass is 331 g/mol. The zero-order valence-corrected chi connectivity index (χ0v) is 14.4. The molecule has 5 heteroatoms. The molecule has 2 rings (SSSR count). The van der Waals surface area contributed by atoms with Crippen LogP contribution in [0.2, 0.25) is 5.02 Å². The summed E-state index contributed by atoms with van der Waals surface area (Å²) in [7, 11) is 3.44. The first-order chi connectivity index (χ1) is 11.1. The van der Waals surface area contributed by atoms with Gasteiger partial charge in [-0.1, -0.05) is 35.9 Å². The zero-order valence-electron chi connectivity index (χ0n) is 13.7. The average Bonchev–Trinajstić information content (AvgIpc) is 2.56. The summed E-state index contributed by atoms with van der Waals surface area (Å²) in [5.74, 6) is 1.66. The van der Waals surface area contributed by atoms with E-state index in [2.05, 4.69) is 21.7 Å². The van der Waals surface area contributed by atoms with E-state index in [1.54, 1.807) is 14.2 Å². The van der Waals surface area contributed by atoms with E-state index in [-0.39, 0.29) is 0 Å². The Kier molecular flexibility index (Phi) is 6.29. The molecule has 0 heterocycles. The molecular formula is C18H22ClN3O.